The topological polar surface area (TPSA) is 41.1 Å². The van der Waals surface area contributed by atoms with Crippen LogP contribution < -0.4 is 10.6 Å². The van der Waals surface area contributed by atoms with Gasteiger partial charge in [0.15, 0.2) is 0 Å². The first-order valence-corrected chi connectivity index (χ1v) is 6.78. The van der Waals surface area contributed by atoms with Gasteiger partial charge in [0.2, 0.25) is 5.91 Å². The van der Waals surface area contributed by atoms with E-state index in [0.717, 1.165) is 36.0 Å². The van der Waals surface area contributed by atoms with E-state index in [4.69, 9.17) is 0 Å². The molecule has 0 bridgehead atoms. The third kappa shape index (κ3) is 4.96. The SMILES string of the molecule is Cl.O=C(Cc1cccc(Br)c1)N[C@H]1CCCNC1. The summed E-state index contributed by atoms with van der Waals surface area (Å²) >= 11 is 3.41. The van der Waals surface area contributed by atoms with Gasteiger partial charge in [0.25, 0.3) is 0 Å². The van der Waals surface area contributed by atoms with Crippen LogP contribution in [0.4, 0.5) is 0 Å². The number of hydrogen-bond acceptors (Lipinski definition) is 2. The molecule has 1 fully saturated rings. The number of nitrogens with one attached hydrogen (secondary N) is 2. The van der Waals surface area contributed by atoms with Gasteiger partial charge >= 0.3 is 0 Å². The monoisotopic (exact) mass is 332 g/mol. The van der Waals surface area contributed by atoms with Crippen LogP contribution in [0.5, 0.6) is 0 Å². The highest BCUT2D eigenvalue weighted by atomic mass is 79.9. The Morgan fingerprint density at radius 2 is 2.33 bits per heavy atom. The fourth-order valence-corrected chi connectivity index (χ4v) is 2.53. The minimum Gasteiger partial charge on any atom is -0.352 e. The Balaban J connectivity index is 0.00000162. The highest BCUT2D eigenvalue weighted by Gasteiger charge is 2.15. The second-order valence-corrected chi connectivity index (χ2v) is 5.33. The number of halogens is 2. The molecule has 1 aliphatic rings. The Kier molecular flexibility index (Phi) is 6.68. The zero-order valence-electron chi connectivity index (χ0n) is 10.1. The van der Waals surface area contributed by atoms with Gasteiger partial charge in [-0.25, -0.2) is 0 Å². The number of benzene rings is 1. The Hall–Kier alpha value is -0.580. The van der Waals surface area contributed by atoms with Crippen molar-refractivity contribution in [1.29, 1.82) is 0 Å². The van der Waals surface area contributed by atoms with E-state index in [0.29, 0.717) is 12.5 Å². The summed E-state index contributed by atoms with van der Waals surface area (Å²) < 4.78 is 1.02. The molecule has 0 spiro atoms. The van der Waals surface area contributed by atoms with Gasteiger partial charge in [-0.15, -0.1) is 12.4 Å². The van der Waals surface area contributed by atoms with E-state index in [1.165, 1.54) is 0 Å². The fraction of sp³-hybridized carbons (Fsp3) is 0.462. The van der Waals surface area contributed by atoms with E-state index >= 15 is 0 Å². The molecule has 1 heterocycles. The lowest BCUT2D eigenvalue weighted by Crippen LogP contribution is -2.46. The molecule has 0 saturated carbocycles. The van der Waals surface area contributed by atoms with Crippen molar-refractivity contribution in [1.82, 2.24) is 10.6 Å². The molecule has 2 rings (SSSR count). The summed E-state index contributed by atoms with van der Waals surface area (Å²) in [5.74, 6) is 0.108. The van der Waals surface area contributed by atoms with Crippen LogP contribution in [-0.4, -0.2) is 25.0 Å². The van der Waals surface area contributed by atoms with Crippen LogP contribution in [0.3, 0.4) is 0 Å². The molecule has 18 heavy (non-hydrogen) atoms. The maximum atomic E-state index is 11.8. The molecule has 1 aliphatic heterocycles. The summed E-state index contributed by atoms with van der Waals surface area (Å²) in [5, 5.41) is 6.36. The number of amides is 1. The third-order valence-corrected chi connectivity index (χ3v) is 3.41. The summed E-state index contributed by atoms with van der Waals surface area (Å²) in [6.45, 7) is 1.96. The average molecular weight is 334 g/mol. The summed E-state index contributed by atoms with van der Waals surface area (Å²) in [6.07, 6.45) is 2.68. The van der Waals surface area contributed by atoms with Gasteiger partial charge in [-0.05, 0) is 37.1 Å². The van der Waals surface area contributed by atoms with E-state index < -0.39 is 0 Å². The molecular weight excluding hydrogens is 316 g/mol. The van der Waals surface area contributed by atoms with Crippen molar-refractivity contribution < 1.29 is 4.79 Å². The van der Waals surface area contributed by atoms with E-state index in [1.54, 1.807) is 0 Å². The zero-order chi connectivity index (χ0) is 12.1. The third-order valence-electron chi connectivity index (χ3n) is 2.92. The molecule has 1 atom stereocenters. The second-order valence-electron chi connectivity index (χ2n) is 4.42. The molecule has 0 unspecified atom stereocenters. The molecule has 100 valence electrons. The van der Waals surface area contributed by atoms with E-state index in [2.05, 4.69) is 26.6 Å². The Bertz CT molecular complexity index is 394. The van der Waals surface area contributed by atoms with Gasteiger partial charge in [0.05, 0.1) is 6.42 Å². The molecule has 1 aromatic rings. The lowest BCUT2D eigenvalue weighted by atomic mass is 10.1. The largest absolute Gasteiger partial charge is 0.352 e. The van der Waals surface area contributed by atoms with E-state index in [1.807, 2.05) is 24.3 Å². The van der Waals surface area contributed by atoms with Crippen molar-refractivity contribution in [3.8, 4) is 0 Å². The maximum absolute atomic E-state index is 11.8. The minimum atomic E-state index is 0. The zero-order valence-corrected chi connectivity index (χ0v) is 12.5. The van der Waals surface area contributed by atoms with Crippen LogP contribution in [-0.2, 0) is 11.2 Å². The van der Waals surface area contributed by atoms with Gasteiger partial charge in [-0.2, -0.15) is 0 Å². The van der Waals surface area contributed by atoms with Gasteiger partial charge in [0, 0.05) is 17.1 Å². The lowest BCUT2D eigenvalue weighted by molar-refractivity contribution is -0.121. The summed E-state index contributed by atoms with van der Waals surface area (Å²) in [6, 6.07) is 8.17. The Morgan fingerprint density at radius 1 is 1.50 bits per heavy atom. The first kappa shape index (κ1) is 15.5. The van der Waals surface area contributed by atoms with Crippen LogP contribution in [0.2, 0.25) is 0 Å². The first-order chi connectivity index (χ1) is 8.24. The summed E-state index contributed by atoms with van der Waals surface area (Å²) in [7, 11) is 0. The lowest BCUT2D eigenvalue weighted by Gasteiger charge is -2.23. The number of hydrogen-bond donors (Lipinski definition) is 2. The molecule has 0 radical (unpaired) electrons. The van der Waals surface area contributed by atoms with Crippen molar-refractivity contribution in [2.45, 2.75) is 25.3 Å². The van der Waals surface area contributed by atoms with Crippen LogP contribution in [0.1, 0.15) is 18.4 Å². The minimum absolute atomic E-state index is 0. The van der Waals surface area contributed by atoms with Crippen LogP contribution >= 0.6 is 28.3 Å². The van der Waals surface area contributed by atoms with E-state index in [9.17, 15) is 4.79 Å². The maximum Gasteiger partial charge on any atom is 0.224 e. The van der Waals surface area contributed by atoms with Crippen molar-refractivity contribution in [3.63, 3.8) is 0 Å². The highest BCUT2D eigenvalue weighted by Crippen LogP contribution is 2.12. The van der Waals surface area contributed by atoms with Crippen molar-refractivity contribution in [2.24, 2.45) is 0 Å². The second kappa shape index (κ2) is 7.77. The molecule has 3 nitrogen and oxygen atoms in total. The standard InChI is InChI=1S/C13H17BrN2O.ClH/c14-11-4-1-3-10(7-11)8-13(17)16-12-5-2-6-15-9-12;/h1,3-4,7,12,15H,2,5-6,8-9H2,(H,16,17);1H/t12-;/m0./s1. The number of carbonyl (C=O) groups is 1. The molecule has 1 saturated heterocycles. The number of piperidine rings is 1. The Labute approximate surface area is 122 Å². The predicted octanol–water partition coefficient (Wildman–Crippen LogP) is 2.28. The normalized spacial score (nSPS) is 18.8. The van der Waals surface area contributed by atoms with Gasteiger partial charge in [-0.1, -0.05) is 28.1 Å². The first-order valence-electron chi connectivity index (χ1n) is 5.98. The molecule has 5 heteroatoms. The molecule has 0 aromatic heterocycles. The van der Waals surface area contributed by atoms with Crippen LogP contribution in [0.25, 0.3) is 0 Å². The predicted molar refractivity (Wildman–Crippen MR) is 79.1 cm³/mol. The quantitative estimate of drug-likeness (QED) is 0.891. The van der Waals surface area contributed by atoms with Gasteiger partial charge in [-0.3, -0.25) is 4.79 Å². The number of rotatable bonds is 3. The smallest absolute Gasteiger partial charge is 0.224 e. The van der Waals surface area contributed by atoms with Crippen LogP contribution in [0, 0.1) is 0 Å². The Morgan fingerprint density at radius 3 is 3.00 bits per heavy atom. The van der Waals surface area contributed by atoms with Crippen molar-refractivity contribution in [2.75, 3.05) is 13.1 Å². The molecule has 1 aromatic carbocycles. The molecule has 1 amide bonds. The molecule has 2 N–H and O–H groups in total. The fourth-order valence-electron chi connectivity index (χ4n) is 2.09. The summed E-state index contributed by atoms with van der Waals surface area (Å²) in [5.41, 5.74) is 1.04. The average Bonchev–Trinajstić information content (AvgIpc) is 2.30. The van der Waals surface area contributed by atoms with Crippen molar-refractivity contribution >= 4 is 34.2 Å². The van der Waals surface area contributed by atoms with Gasteiger partial charge in [0.1, 0.15) is 0 Å². The molecule has 0 aliphatic carbocycles. The summed E-state index contributed by atoms with van der Waals surface area (Å²) in [4.78, 5) is 11.8. The number of carbonyl (C=O) groups excluding carboxylic acids is 1. The molecular formula is C13H18BrClN2O. The van der Waals surface area contributed by atoms with Crippen molar-refractivity contribution in [3.05, 3.63) is 34.3 Å². The van der Waals surface area contributed by atoms with Crippen LogP contribution in [0.15, 0.2) is 28.7 Å². The van der Waals surface area contributed by atoms with E-state index in [-0.39, 0.29) is 18.3 Å². The van der Waals surface area contributed by atoms with Gasteiger partial charge < -0.3 is 10.6 Å². The highest BCUT2D eigenvalue weighted by molar-refractivity contribution is 9.10.